The van der Waals surface area contributed by atoms with E-state index in [1.807, 2.05) is 45.3 Å². The average Bonchev–Trinajstić information content (AvgIpc) is 1.56. The molecule has 0 amide bonds. The highest BCUT2D eigenvalue weighted by molar-refractivity contribution is 7.31. The number of rotatable bonds is 39. The summed E-state index contributed by atoms with van der Waals surface area (Å²) >= 11 is 29.0. The molecule has 100 heavy (non-hydrogen) atoms. The van der Waals surface area contributed by atoms with Crippen molar-refractivity contribution in [1.82, 2.24) is 0 Å². The number of hydrogen-bond donors (Lipinski definition) is 0. The van der Waals surface area contributed by atoms with Crippen LogP contribution in [-0.4, -0.2) is 62.0 Å². The van der Waals surface area contributed by atoms with Gasteiger partial charge in [-0.2, -0.15) is 0 Å². The van der Waals surface area contributed by atoms with Crippen LogP contribution < -0.4 is 0 Å². The standard InChI is InChI=1S/C78H110Cl2O6S8Si6/c1-19-23-34-51(21-3)46-63-69-70(64(92-63)47-52(22-4)35-24-20-2)74(82)72-71(73(69)81)77(60-38-33-42-87-60)94-78(72)61-40-39-59(91-61)62-48-54-68(66-50-56(80)58(90-66)37-30-26-28-32-45-100(18,85-97(11,12)13)86-98(14,15)16)75-53(41-43-88-75)67(76(54)93-62)65-49-55(79)57(89-65)36-29-25-27-31-44-99(17,83-95(5,6)7)84-96(8,9)10/h33,38-43,48-52H,19-32,34-37,44-47H2,1-18H3. The first-order valence-corrected chi connectivity index (χ1v) is 63.2. The quantitative estimate of drug-likeness (QED) is 0.0282. The first-order chi connectivity index (χ1) is 47.2. The molecule has 1 aliphatic rings. The Hall–Kier alpha value is -1.60. The van der Waals surface area contributed by atoms with Crippen molar-refractivity contribution in [2.45, 2.75) is 260 Å². The number of halogens is 2. The van der Waals surface area contributed by atoms with Crippen LogP contribution in [0.25, 0.3) is 70.3 Å². The van der Waals surface area contributed by atoms with E-state index in [2.05, 4.69) is 179 Å². The van der Waals surface area contributed by atoms with Crippen molar-refractivity contribution in [3.05, 3.63) is 111 Å². The second-order valence-electron chi connectivity index (χ2n) is 32.2. The lowest BCUT2D eigenvalue weighted by Crippen LogP contribution is -2.52. The Kier molecular flexibility index (Phi) is 27.8. The molecule has 0 spiro atoms. The Morgan fingerprint density at radius 3 is 1.30 bits per heavy atom. The average molecular weight is 1640 g/mol. The first kappa shape index (κ1) is 80.9. The van der Waals surface area contributed by atoms with E-state index in [0.717, 1.165) is 172 Å². The summed E-state index contributed by atoms with van der Waals surface area (Å²) in [6.07, 6.45) is 21.5. The molecule has 0 saturated carbocycles. The lowest BCUT2D eigenvalue weighted by molar-refractivity contribution is 0.0980. The summed E-state index contributed by atoms with van der Waals surface area (Å²) in [5.41, 5.74) is 5.12. The van der Waals surface area contributed by atoms with E-state index in [-0.39, 0.29) is 11.6 Å². The normalized spacial score (nSPS) is 14.2. The Balaban J connectivity index is 1.01. The highest BCUT2D eigenvalue weighted by Gasteiger charge is 2.44. The van der Waals surface area contributed by atoms with Crippen LogP contribution in [0.2, 0.25) is 114 Å². The highest BCUT2D eigenvalue weighted by atomic mass is 35.5. The molecule has 0 aliphatic heterocycles. The maximum absolute atomic E-state index is 16.0. The van der Waals surface area contributed by atoms with Crippen LogP contribution in [0.4, 0.5) is 0 Å². The SMILES string of the molecule is CCCCC(CC)Cc1sc(CC(CC)CCCC)c2c1C(=O)c1c(-c3cccs3)sc(-c3ccc(-c4cc5c(-c6cc(Cl)c(CCCCCC[Si](C)(O[Si](C)(C)C)O[Si](C)(C)C)s6)c6sccc6c(-c6cc(Cl)c(CCCCCC[Si](C)(O[Si](C)(C)C)O[Si](C)(C)C)s6)c5s4)s3)c1C2=O. The molecule has 6 nitrogen and oxygen atoms in total. The molecule has 1 aromatic carbocycles. The van der Waals surface area contributed by atoms with Gasteiger partial charge in [-0.25, -0.2) is 0 Å². The maximum Gasteiger partial charge on any atom is 0.314 e. The minimum atomic E-state index is -2.29. The monoisotopic (exact) mass is 1640 g/mol. The number of unbranched alkanes of at least 4 members (excludes halogenated alkanes) is 8. The van der Waals surface area contributed by atoms with Crippen LogP contribution in [0.3, 0.4) is 0 Å². The summed E-state index contributed by atoms with van der Waals surface area (Å²) in [6.45, 7) is 41.3. The zero-order valence-corrected chi connectivity index (χ0v) is 77.0. The molecule has 0 radical (unpaired) electrons. The molecular weight excluding hydrogens is 1530 g/mol. The van der Waals surface area contributed by atoms with E-state index < -0.39 is 50.4 Å². The molecule has 2 unspecified atom stereocenters. The Morgan fingerprint density at radius 2 is 0.850 bits per heavy atom. The van der Waals surface area contributed by atoms with Crippen molar-refractivity contribution >= 4 is 196 Å². The van der Waals surface area contributed by atoms with Gasteiger partial charge in [0.2, 0.25) is 0 Å². The zero-order chi connectivity index (χ0) is 72.3. The number of carbonyl (C=O) groups excluding carboxylic acids is 2. The van der Waals surface area contributed by atoms with Crippen LogP contribution in [0.5, 0.6) is 0 Å². The number of ketones is 2. The predicted molar refractivity (Wildman–Crippen MR) is 464 cm³/mol. The maximum atomic E-state index is 16.0. The third-order valence-corrected chi connectivity index (χ3v) is 48.4. The summed E-state index contributed by atoms with van der Waals surface area (Å²) in [7, 11) is -11.6. The Labute approximate surface area is 648 Å². The van der Waals surface area contributed by atoms with Crippen molar-refractivity contribution in [2.75, 3.05) is 0 Å². The van der Waals surface area contributed by atoms with Gasteiger partial charge < -0.3 is 16.5 Å². The lowest BCUT2D eigenvalue weighted by atomic mass is 9.81. The van der Waals surface area contributed by atoms with Crippen molar-refractivity contribution in [3.8, 4) is 50.1 Å². The van der Waals surface area contributed by atoms with Crippen molar-refractivity contribution < 1.29 is 26.0 Å². The number of carbonyl (C=O) groups is 2. The molecule has 544 valence electrons. The van der Waals surface area contributed by atoms with E-state index in [0.29, 0.717) is 34.1 Å². The van der Waals surface area contributed by atoms with Gasteiger partial charge in [0.25, 0.3) is 0 Å². The molecule has 1 aliphatic carbocycles. The summed E-state index contributed by atoms with van der Waals surface area (Å²) in [5, 5.41) is 8.53. The van der Waals surface area contributed by atoms with Gasteiger partial charge in [0.1, 0.15) is 0 Å². The molecule has 8 heterocycles. The predicted octanol–water partition coefficient (Wildman–Crippen LogP) is 30.2. The highest BCUT2D eigenvalue weighted by Crippen LogP contribution is 2.57. The fourth-order valence-corrected chi connectivity index (χ4v) is 50.4. The number of aryl methyl sites for hydroxylation is 2. The largest absolute Gasteiger partial charge is 0.437 e. The summed E-state index contributed by atoms with van der Waals surface area (Å²) in [6, 6.07) is 20.0. The van der Waals surface area contributed by atoms with Crippen molar-refractivity contribution in [3.63, 3.8) is 0 Å². The van der Waals surface area contributed by atoms with E-state index in [4.69, 9.17) is 39.7 Å². The van der Waals surface area contributed by atoms with E-state index >= 15 is 9.59 Å². The lowest BCUT2D eigenvalue weighted by Gasteiger charge is -2.38. The third-order valence-electron chi connectivity index (χ3n) is 18.8. The molecule has 22 heteroatoms. The molecule has 10 rings (SSSR count). The van der Waals surface area contributed by atoms with Crippen LogP contribution in [0.1, 0.15) is 182 Å². The number of benzene rings is 1. The van der Waals surface area contributed by atoms with Crippen molar-refractivity contribution in [1.29, 1.82) is 0 Å². The minimum absolute atomic E-state index is 0.0390. The fraction of sp³-hybridized carbons (Fsp3) is 0.538. The van der Waals surface area contributed by atoms with Gasteiger partial charge in [0, 0.05) is 91.2 Å². The molecular formula is C78H110Cl2O6S8Si6. The molecule has 0 N–H and O–H groups in total. The van der Waals surface area contributed by atoms with E-state index in [1.165, 1.54) is 68.5 Å². The topological polar surface area (TPSA) is 71.1 Å². The van der Waals surface area contributed by atoms with Gasteiger partial charge in [-0.15, -0.1) is 90.7 Å². The summed E-state index contributed by atoms with van der Waals surface area (Å²) in [4.78, 5) is 45.2. The summed E-state index contributed by atoms with van der Waals surface area (Å²) < 4.78 is 30.0. The van der Waals surface area contributed by atoms with Gasteiger partial charge in [-0.05, 0) is 207 Å². The number of hydrogen-bond acceptors (Lipinski definition) is 14. The third kappa shape index (κ3) is 20.2. The molecule has 0 bridgehead atoms. The minimum Gasteiger partial charge on any atom is -0.437 e. The van der Waals surface area contributed by atoms with Crippen molar-refractivity contribution in [2.24, 2.45) is 11.8 Å². The van der Waals surface area contributed by atoms with E-state index in [9.17, 15) is 0 Å². The molecule has 0 fully saturated rings. The molecule has 9 aromatic rings. The van der Waals surface area contributed by atoms with Gasteiger partial charge >= 0.3 is 17.1 Å². The fourth-order valence-electron chi connectivity index (χ4n) is 14.9. The zero-order valence-electron chi connectivity index (χ0n) is 63.0. The summed E-state index contributed by atoms with van der Waals surface area (Å²) in [5.74, 6) is 1.01. The first-order valence-electron chi connectivity index (χ1n) is 37.1. The van der Waals surface area contributed by atoms with Crippen LogP contribution >= 0.6 is 114 Å². The number of thiophene rings is 8. The Morgan fingerprint density at radius 1 is 0.390 bits per heavy atom. The van der Waals surface area contributed by atoms with Crippen LogP contribution in [0.15, 0.2) is 59.3 Å². The van der Waals surface area contributed by atoms with Crippen LogP contribution in [-0.2, 0) is 42.1 Å². The second kappa shape index (κ2) is 34.3. The molecule has 8 aromatic heterocycles. The van der Waals surface area contributed by atoms with Crippen LogP contribution in [0, 0.1) is 11.8 Å². The second-order valence-corrected chi connectivity index (χ2v) is 67.2. The Bertz CT molecular complexity index is 4070. The van der Waals surface area contributed by atoms with Gasteiger partial charge in [-0.1, -0.05) is 147 Å². The van der Waals surface area contributed by atoms with Gasteiger partial charge in [0.05, 0.1) is 30.9 Å². The molecule has 0 saturated heterocycles. The number of fused-ring (bicyclic) bond motifs is 4. The van der Waals surface area contributed by atoms with Gasteiger partial charge in [-0.3, -0.25) is 9.59 Å². The molecule has 2 atom stereocenters. The van der Waals surface area contributed by atoms with Gasteiger partial charge in [0.15, 0.2) is 44.8 Å². The van der Waals surface area contributed by atoms with E-state index in [1.54, 1.807) is 45.3 Å². The smallest absolute Gasteiger partial charge is 0.314 e.